The molecule has 1 aromatic carbocycles. The van der Waals surface area contributed by atoms with E-state index in [1.807, 2.05) is 0 Å². The summed E-state index contributed by atoms with van der Waals surface area (Å²) in [6.45, 7) is 4.34. The number of hydrogen-bond acceptors (Lipinski definition) is 3. The fourth-order valence-electron chi connectivity index (χ4n) is 2.88. The van der Waals surface area contributed by atoms with Gasteiger partial charge in [0, 0.05) is 5.92 Å². The molecule has 1 saturated carbocycles. The maximum Gasteiger partial charge on any atom is 0.229 e. The topological polar surface area (TPSA) is 42.0 Å². The Labute approximate surface area is 123 Å². The van der Waals surface area contributed by atoms with E-state index in [1.54, 1.807) is 11.3 Å². The molecule has 1 fully saturated rings. The average molecular weight is 288 g/mol. The molecule has 4 heteroatoms. The number of carbonyl (C=O) groups is 1. The minimum Gasteiger partial charge on any atom is -0.302 e. The van der Waals surface area contributed by atoms with Crippen LogP contribution in [0.15, 0.2) is 18.2 Å². The van der Waals surface area contributed by atoms with Crippen molar-refractivity contribution in [2.75, 3.05) is 5.32 Å². The number of amides is 1. The maximum atomic E-state index is 12.2. The molecule has 0 bridgehead atoms. The number of rotatable bonds is 3. The van der Waals surface area contributed by atoms with Crippen LogP contribution < -0.4 is 5.32 Å². The van der Waals surface area contributed by atoms with Crippen LogP contribution in [0.4, 0.5) is 5.13 Å². The van der Waals surface area contributed by atoms with E-state index in [4.69, 9.17) is 0 Å². The summed E-state index contributed by atoms with van der Waals surface area (Å²) in [5.41, 5.74) is 2.29. The number of nitrogens with zero attached hydrogens (tertiary/aromatic N) is 1. The molecule has 1 N–H and O–H groups in total. The first-order chi connectivity index (χ1) is 9.65. The number of fused-ring (bicyclic) bond motifs is 1. The molecule has 2 aromatic rings. The van der Waals surface area contributed by atoms with Gasteiger partial charge >= 0.3 is 0 Å². The molecule has 20 heavy (non-hydrogen) atoms. The van der Waals surface area contributed by atoms with Gasteiger partial charge in [-0.05, 0) is 30.4 Å². The van der Waals surface area contributed by atoms with Crippen molar-refractivity contribution < 1.29 is 4.79 Å². The minimum absolute atomic E-state index is 0.146. The lowest BCUT2D eigenvalue weighted by molar-refractivity contribution is -0.119. The van der Waals surface area contributed by atoms with E-state index in [9.17, 15) is 4.79 Å². The van der Waals surface area contributed by atoms with Gasteiger partial charge in [0.2, 0.25) is 5.91 Å². The highest BCUT2D eigenvalue weighted by atomic mass is 32.1. The van der Waals surface area contributed by atoms with E-state index in [0.29, 0.717) is 5.92 Å². The predicted molar refractivity (Wildman–Crippen MR) is 84.3 cm³/mol. The summed E-state index contributed by atoms with van der Waals surface area (Å²) in [5.74, 6) is 0.776. The third-order valence-electron chi connectivity index (χ3n) is 4.03. The fraction of sp³-hybridized carbons (Fsp3) is 0.500. The SMILES string of the molecule is CC(C)c1cccc2sc(NC(=O)C3CCCC3)nc12. The number of aromatic nitrogens is 1. The summed E-state index contributed by atoms with van der Waals surface area (Å²) in [5, 5.41) is 3.75. The van der Waals surface area contributed by atoms with Gasteiger partial charge in [0.15, 0.2) is 5.13 Å². The number of anilines is 1. The predicted octanol–water partition coefficient (Wildman–Crippen LogP) is 4.55. The first-order valence-corrected chi connectivity index (χ1v) is 8.17. The lowest BCUT2D eigenvalue weighted by atomic mass is 10.0. The van der Waals surface area contributed by atoms with Crippen molar-refractivity contribution in [3.63, 3.8) is 0 Å². The Bertz CT molecular complexity index is 626. The minimum atomic E-state index is 0.146. The van der Waals surface area contributed by atoms with Crippen LogP contribution in [0.2, 0.25) is 0 Å². The number of para-hydroxylation sites is 1. The molecule has 1 aliphatic carbocycles. The summed E-state index contributed by atoms with van der Waals surface area (Å²) in [4.78, 5) is 16.8. The van der Waals surface area contributed by atoms with Gasteiger partial charge in [0.25, 0.3) is 0 Å². The molecule has 1 aromatic heterocycles. The third kappa shape index (κ3) is 2.57. The zero-order valence-electron chi connectivity index (χ0n) is 12.0. The van der Waals surface area contributed by atoms with Crippen LogP contribution in [0.25, 0.3) is 10.2 Å². The quantitative estimate of drug-likeness (QED) is 0.900. The number of thiazole rings is 1. The molecule has 0 unspecified atom stereocenters. The van der Waals surface area contributed by atoms with E-state index in [0.717, 1.165) is 28.2 Å². The van der Waals surface area contributed by atoms with E-state index in [-0.39, 0.29) is 11.8 Å². The largest absolute Gasteiger partial charge is 0.302 e. The standard InChI is InChI=1S/C16H20N2OS/c1-10(2)12-8-5-9-13-14(12)17-16(20-13)18-15(19)11-6-3-4-7-11/h5,8-11H,3-4,6-7H2,1-2H3,(H,17,18,19). The Morgan fingerprint density at radius 1 is 1.35 bits per heavy atom. The Balaban J connectivity index is 1.85. The van der Waals surface area contributed by atoms with Gasteiger partial charge < -0.3 is 5.32 Å². The van der Waals surface area contributed by atoms with Gasteiger partial charge in [-0.1, -0.05) is 50.2 Å². The van der Waals surface area contributed by atoms with Crippen molar-refractivity contribution in [2.24, 2.45) is 5.92 Å². The number of nitrogens with one attached hydrogen (secondary N) is 1. The third-order valence-corrected chi connectivity index (χ3v) is 4.96. The molecule has 3 rings (SSSR count). The van der Waals surface area contributed by atoms with Crippen molar-refractivity contribution in [1.29, 1.82) is 0 Å². The summed E-state index contributed by atoms with van der Waals surface area (Å²) >= 11 is 1.57. The van der Waals surface area contributed by atoms with Gasteiger partial charge in [-0.15, -0.1) is 0 Å². The van der Waals surface area contributed by atoms with Crippen LogP contribution in [0.5, 0.6) is 0 Å². The zero-order chi connectivity index (χ0) is 14.1. The Hall–Kier alpha value is -1.42. The van der Waals surface area contributed by atoms with Crippen LogP contribution in [0.1, 0.15) is 51.0 Å². The Morgan fingerprint density at radius 2 is 2.10 bits per heavy atom. The molecule has 1 amide bonds. The second kappa shape index (κ2) is 5.52. The summed E-state index contributed by atoms with van der Waals surface area (Å²) in [6, 6.07) is 6.26. The van der Waals surface area contributed by atoms with Crippen LogP contribution in [0.3, 0.4) is 0 Å². The monoisotopic (exact) mass is 288 g/mol. The molecule has 3 nitrogen and oxygen atoms in total. The maximum absolute atomic E-state index is 12.2. The molecule has 0 aliphatic heterocycles. The molecule has 0 radical (unpaired) electrons. The van der Waals surface area contributed by atoms with Crippen molar-refractivity contribution in [3.05, 3.63) is 23.8 Å². The first-order valence-electron chi connectivity index (χ1n) is 7.35. The van der Waals surface area contributed by atoms with Gasteiger partial charge in [0.05, 0.1) is 10.2 Å². The lowest BCUT2D eigenvalue weighted by Crippen LogP contribution is -2.20. The van der Waals surface area contributed by atoms with Crippen LogP contribution in [-0.4, -0.2) is 10.9 Å². The van der Waals surface area contributed by atoms with Crippen molar-refractivity contribution >= 4 is 32.6 Å². The highest BCUT2D eigenvalue weighted by molar-refractivity contribution is 7.22. The zero-order valence-corrected chi connectivity index (χ0v) is 12.8. The summed E-state index contributed by atoms with van der Waals surface area (Å²) < 4.78 is 1.15. The molecule has 1 aliphatic rings. The van der Waals surface area contributed by atoms with Crippen LogP contribution in [0, 0.1) is 5.92 Å². The highest BCUT2D eigenvalue weighted by Gasteiger charge is 2.23. The van der Waals surface area contributed by atoms with E-state index in [1.165, 1.54) is 18.4 Å². The lowest BCUT2D eigenvalue weighted by Gasteiger charge is -2.07. The second-order valence-electron chi connectivity index (χ2n) is 5.84. The van der Waals surface area contributed by atoms with Crippen molar-refractivity contribution in [1.82, 2.24) is 4.98 Å². The highest BCUT2D eigenvalue weighted by Crippen LogP contribution is 2.32. The average Bonchev–Trinajstić information content (AvgIpc) is 3.06. The molecule has 0 spiro atoms. The van der Waals surface area contributed by atoms with Crippen molar-refractivity contribution in [3.8, 4) is 0 Å². The van der Waals surface area contributed by atoms with Crippen LogP contribution in [-0.2, 0) is 4.79 Å². The van der Waals surface area contributed by atoms with Crippen molar-refractivity contribution in [2.45, 2.75) is 45.4 Å². The fourth-order valence-corrected chi connectivity index (χ4v) is 3.79. The molecule has 1 heterocycles. The number of benzene rings is 1. The van der Waals surface area contributed by atoms with E-state index in [2.05, 4.69) is 42.3 Å². The van der Waals surface area contributed by atoms with Gasteiger partial charge in [-0.25, -0.2) is 4.98 Å². The normalized spacial score (nSPS) is 16.1. The van der Waals surface area contributed by atoms with E-state index >= 15 is 0 Å². The molecule has 0 saturated heterocycles. The Morgan fingerprint density at radius 3 is 2.80 bits per heavy atom. The smallest absolute Gasteiger partial charge is 0.229 e. The van der Waals surface area contributed by atoms with Gasteiger partial charge in [0.1, 0.15) is 0 Å². The second-order valence-corrected chi connectivity index (χ2v) is 6.87. The summed E-state index contributed by atoms with van der Waals surface area (Å²) in [7, 11) is 0. The summed E-state index contributed by atoms with van der Waals surface area (Å²) in [6.07, 6.45) is 4.40. The molecule has 106 valence electrons. The van der Waals surface area contributed by atoms with E-state index < -0.39 is 0 Å². The first kappa shape index (κ1) is 13.6. The number of hydrogen-bond donors (Lipinski definition) is 1. The Kier molecular flexibility index (Phi) is 3.74. The molecular formula is C16H20N2OS. The molecular weight excluding hydrogens is 268 g/mol. The number of carbonyl (C=O) groups excluding carboxylic acids is 1. The van der Waals surface area contributed by atoms with Crippen LogP contribution >= 0.6 is 11.3 Å². The van der Waals surface area contributed by atoms with Gasteiger partial charge in [-0.2, -0.15) is 0 Å². The molecule has 0 atom stereocenters. The van der Waals surface area contributed by atoms with Gasteiger partial charge in [-0.3, -0.25) is 4.79 Å².